The number of nitrogens with zero attached hydrogens (tertiary/aromatic N) is 3. The zero-order chi connectivity index (χ0) is 10.4. The third-order valence-electron chi connectivity index (χ3n) is 1.71. The summed E-state index contributed by atoms with van der Waals surface area (Å²) in [5.41, 5.74) is 6.18. The smallest absolute Gasteiger partial charge is 0.193 e. The summed E-state index contributed by atoms with van der Waals surface area (Å²) < 4.78 is 4.46. The van der Waals surface area contributed by atoms with Crippen LogP contribution in [0.4, 0.5) is 5.82 Å². The molecule has 0 bridgehead atoms. The molecule has 0 saturated carbocycles. The number of hydrogen-bond donors (Lipinski definition) is 1. The first-order chi connectivity index (χ1) is 6.13. The van der Waals surface area contributed by atoms with Crippen molar-refractivity contribution in [2.24, 2.45) is 0 Å². The summed E-state index contributed by atoms with van der Waals surface area (Å²) in [4.78, 5) is 1.98. The molecule has 0 aliphatic carbocycles. The van der Waals surface area contributed by atoms with Crippen molar-refractivity contribution in [2.75, 3.05) is 19.8 Å². The van der Waals surface area contributed by atoms with Crippen molar-refractivity contribution in [1.82, 2.24) is 15.2 Å². The van der Waals surface area contributed by atoms with Gasteiger partial charge in [0.25, 0.3) is 0 Å². The number of nitrogen functional groups attached to an aromatic ring is 1. The normalized spacial score (nSPS) is 12.2. The lowest BCUT2D eigenvalue weighted by Gasteiger charge is -2.16. The van der Waals surface area contributed by atoms with Crippen LogP contribution in [0, 0.1) is 0 Å². The summed E-state index contributed by atoms with van der Waals surface area (Å²) in [6.07, 6.45) is 0. The lowest BCUT2D eigenvalue weighted by Crippen LogP contribution is -2.18. The van der Waals surface area contributed by atoms with Crippen LogP contribution in [0.15, 0.2) is 4.63 Å². The van der Waals surface area contributed by atoms with Crippen LogP contribution in [0.1, 0.15) is 32.5 Å². The molecule has 13 heavy (non-hydrogen) atoms. The summed E-state index contributed by atoms with van der Waals surface area (Å²) >= 11 is 0. The van der Waals surface area contributed by atoms with Crippen LogP contribution >= 0.6 is 0 Å². The number of rotatable bonds is 2. The second-order valence-corrected chi connectivity index (χ2v) is 2.67. The summed E-state index contributed by atoms with van der Waals surface area (Å²) in [6, 6.07) is 0.140. The lowest BCUT2D eigenvalue weighted by atomic mass is 10.2. The standard InChI is InChI=1S/C6H12N4O.C2H6/c1-4(10(2)3)5-6(7)9-11-8-5;1-2/h4H,1-3H3,(H2,7,9);1-2H3. The highest BCUT2D eigenvalue weighted by molar-refractivity contribution is 5.33. The van der Waals surface area contributed by atoms with Gasteiger partial charge in [-0.15, -0.1) is 0 Å². The van der Waals surface area contributed by atoms with Crippen LogP contribution in [0.3, 0.4) is 0 Å². The van der Waals surface area contributed by atoms with Crippen LogP contribution in [-0.4, -0.2) is 29.3 Å². The average molecular weight is 186 g/mol. The monoisotopic (exact) mass is 186 g/mol. The van der Waals surface area contributed by atoms with E-state index < -0.39 is 0 Å². The molecule has 5 nitrogen and oxygen atoms in total. The highest BCUT2D eigenvalue weighted by atomic mass is 16.6. The molecule has 5 heteroatoms. The Morgan fingerprint density at radius 3 is 2.15 bits per heavy atom. The van der Waals surface area contributed by atoms with E-state index in [1.165, 1.54) is 0 Å². The van der Waals surface area contributed by atoms with Crippen molar-refractivity contribution in [2.45, 2.75) is 26.8 Å². The minimum atomic E-state index is 0.140. The second kappa shape index (κ2) is 5.53. The van der Waals surface area contributed by atoms with Crippen molar-refractivity contribution in [1.29, 1.82) is 0 Å². The minimum absolute atomic E-state index is 0.140. The van der Waals surface area contributed by atoms with E-state index in [1.807, 2.05) is 39.8 Å². The number of hydrogen-bond acceptors (Lipinski definition) is 5. The molecule has 0 aromatic carbocycles. The van der Waals surface area contributed by atoms with Gasteiger partial charge >= 0.3 is 0 Å². The molecule has 1 atom stereocenters. The predicted octanol–water partition coefficient (Wildman–Crippen LogP) is 1.30. The van der Waals surface area contributed by atoms with Gasteiger partial charge in [-0.25, -0.2) is 4.63 Å². The minimum Gasteiger partial charge on any atom is -0.379 e. The highest BCUT2D eigenvalue weighted by Gasteiger charge is 2.15. The highest BCUT2D eigenvalue weighted by Crippen LogP contribution is 2.18. The quantitative estimate of drug-likeness (QED) is 0.754. The van der Waals surface area contributed by atoms with Crippen LogP contribution in [0.25, 0.3) is 0 Å². The first-order valence-electron chi connectivity index (χ1n) is 4.37. The van der Waals surface area contributed by atoms with Crippen molar-refractivity contribution in [3.63, 3.8) is 0 Å². The van der Waals surface area contributed by atoms with Crippen molar-refractivity contribution in [3.05, 3.63) is 5.69 Å². The molecule has 0 aliphatic heterocycles. The van der Waals surface area contributed by atoms with Gasteiger partial charge in [0.05, 0.1) is 6.04 Å². The number of nitrogens with two attached hydrogens (primary N) is 1. The Morgan fingerprint density at radius 2 is 1.85 bits per heavy atom. The van der Waals surface area contributed by atoms with E-state index in [-0.39, 0.29) is 6.04 Å². The summed E-state index contributed by atoms with van der Waals surface area (Å²) in [5.74, 6) is 0.367. The molecule has 0 fully saturated rings. The van der Waals surface area contributed by atoms with Gasteiger partial charge in [0, 0.05) is 0 Å². The molecule has 0 saturated heterocycles. The Bertz CT molecular complexity index is 234. The zero-order valence-electron chi connectivity index (χ0n) is 8.90. The molecule has 2 N–H and O–H groups in total. The molecule has 1 rings (SSSR count). The maximum atomic E-state index is 5.49. The van der Waals surface area contributed by atoms with Gasteiger partial charge in [0.2, 0.25) is 0 Å². The van der Waals surface area contributed by atoms with Crippen LogP contribution < -0.4 is 5.73 Å². The topological polar surface area (TPSA) is 68.2 Å². The van der Waals surface area contributed by atoms with Crippen molar-refractivity contribution >= 4 is 5.82 Å². The Morgan fingerprint density at radius 1 is 1.31 bits per heavy atom. The summed E-state index contributed by atoms with van der Waals surface area (Å²) in [5, 5.41) is 7.17. The van der Waals surface area contributed by atoms with E-state index in [1.54, 1.807) is 0 Å². The van der Waals surface area contributed by atoms with Gasteiger partial charge in [-0.3, -0.25) is 0 Å². The van der Waals surface area contributed by atoms with E-state index in [9.17, 15) is 0 Å². The van der Waals surface area contributed by atoms with E-state index in [0.717, 1.165) is 0 Å². The Labute approximate surface area is 78.9 Å². The Kier molecular flexibility index (Phi) is 5.06. The first kappa shape index (κ1) is 11.9. The molecule has 0 amide bonds. The molecule has 0 spiro atoms. The molecule has 0 radical (unpaired) electrons. The van der Waals surface area contributed by atoms with Gasteiger partial charge in [0.1, 0.15) is 5.69 Å². The van der Waals surface area contributed by atoms with E-state index in [4.69, 9.17) is 5.73 Å². The fourth-order valence-corrected chi connectivity index (χ4v) is 0.737. The maximum absolute atomic E-state index is 5.49. The Balaban J connectivity index is 0.000000671. The zero-order valence-corrected chi connectivity index (χ0v) is 8.90. The molecular weight excluding hydrogens is 168 g/mol. The summed E-state index contributed by atoms with van der Waals surface area (Å²) in [7, 11) is 3.89. The predicted molar refractivity (Wildman–Crippen MR) is 52.2 cm³/mol. The van der Waals surface area contributed by atoms with Crippen LogP contribution in [0.2, 0.25) is 0 Å². The van der Waals surface area contributed by atoms with Crippen LogP contribution in [-0.2, 0) is 0 Å². The van der Waals surface area contributed by atoms with Gasteiger partial charge in [-0.05, 0) is 26.2 Å². The van der Waals surface area contributed by atoms with E-state index in [2.05, 4.69) is 14.9 Å². The van der Waals surface area contributed by atoms with Crippen molar-refractivity contribution < 1.29 is 4.63 Å². The molecule has 0 aliphatic rings. The van der Waals surface area contributed by atoms with Gasteiger partial charge in [-0.1, -0.05) is 19.0 Å². The third kappa shape index (κ3) is 3.02. The first-order valence-corrected chi connectivity index (χ1v) is 4.37. The summed E-state index contributed by atoms with van der Waals surface area (Å²) in [6.45, 7) is 5.98. The Hall–Kier alpha value is -1.10. The largest absolute Gasteiger partial charge is 0.379 e. The fourth-order valence-electron chi connectivity index (χ4n) is 0.737. The van der Waals surface area contributed by atoms with Crippen molar-refractivity contribution in [3.8, 4) is 0 Å². The molecule has 76 valence electrons. The molecule has 1 aromatic heterocycles. The maximum Gasteiger partial charge on any atom is 0.193 e. The molecule has 1 aromatic rings. The lowest BCUT2D eigenvalue weighted by molar-refractivity contribution is 0.274. The van der Waals surface area contributed by atoms with E-state index >= 15 is 0 Å². The SMILES string of the molecule is CC.CC(c1nonc1N)N(C)C. The van der Waals surface area contributed by atoms with Crippen LogP contribution in [0.5, 0.6) is 0 Å². The number of anilines is 1. The fraction of sp³-hybridized carbons (Fsp3) is 0.750. The van der Waals surface area contributed by atoms with Gasteiger partial charge in [0.15, 0.2) is 5.82 Å². The average Bonchev–Trinajstić information content (AvgIpc) is 2.53. The van der Waals surface area contributed by atoms with Gasteiger partial charge < -0.3 is 10.6 Å². The molecule has 1 heterocycles. The molecular formula is C8H18N4O. The van der Waals surface area contributed by atoms with Gasteiger partial charge in [-0.2, -0.15) is 0 Å². The second-order valence-electron chi connectivity index (χ2n) is 2.67. The third-order valence-corrected chi connectivity index (χ3v) is 1.71. The molecule has 1 unspecified atom stereocenters. The number of aromatic nitrogens is 2. The van der Waals surface area contributed by atoms with E-state index in [0.29, 0.717) is 11.5 Å².